The monoisotopic (exact) mass is 371 g/mol. The van der Waals surface area contributed by atoms with Crippen LogP contribution in [0.2, 0.25) is 0 Å². The third-order valence-electron chi connectivity index (χ3n) is 3.84. The molecule has 2 aromatic carbocycles. The Morgan fingerprint density at radius 3 is 2.33 bits per heavy atom. The van der Waals surface area contributed by atoms with Crippen LogP contribution in [0.5, 0.6) is 11.5 Å². The molecule has 0 fully saturated rings. The molecule has 2 aromatic rings. The van der Waals surface area contributed by atoms with E-state index in [4.69, 9.17) is 18.9 Å². The summed E-state index contributed by atoms with van der Waals surface area (Å²) in [5.41, 5.74) is 1.34. The number of ether oxygens (including phenoxy) is 4. The molecule has 0 aromatic heterocycles. The van der Waals surface area contributed by atoms with Gasteiger partial charge in [-0.1, -0.05) is 37.8 Å². The van der Waals surface area contributed by atoms with Gasteiger partial charge in [-0.25, -0.2) is 4.79 Å². The number of para-hydroxylation sites is 1. The third kappa shape index (κ3) is 5.84. The summed E-state index contributed by atoms with van der Waals surface area (Å²) in [5.74, 6) is 0.911. The van der Waals surface area contributed by atoms with Crippen LogP contribution < -0.4 is 14.4 Å². The van der Waals surface area contributed by atoms with Crippen LogP contribution in [0.1, 0.15) is 13.3 Å². The number of allylic oxidation sites excluding steroid dienone is 1. The normalized spacial score (nSPS) is 10.5. The molecule has 0 aliphatic heterocycles. The van der Waals surface area contributed by atoms with Crippen LogP contribution in [0.3, 0.4) is 0 Å². The van der Waals surface area contributed by atoms with E-state index in [2.05, 4.69) is 6.58 Å². The number of hydrogen-bond donors (Lipinski definition) is 0. The fourth-order valence-corrected chi connectivity index (χ4v) is 2.32. The summed E-state index contributed by atoms with van der Waals surface area (Å²) < 4.78 is 21.3. The first-order valence-electron chi connectivity index (χ1n) is 8.62. The maximum atomic E-state index is 12.7. The first-order chi connectivity index (χ1) is 13.1. The highest BCUT2D eigenvalue weighted by Gasteiger charge is 2.20. The van der Waals surface area contributed by atoms with Crippen LogP contribution in [-0.4, -0.2) is 33.2 Å². The van der Waals surface area contributed by atoms with Crippen LogP contribution in [0.25, 0.3) is 0 Å². The molecule has 0 bridgehead atoms. The Balaban J connectivity index is 2.11. The lowest BCUT2D eigenvalue weighted by molar-refractivity contribution is -0.121. The number of benzene rings is 2. The van der Waals surface area contributed by atoms with Gasteiger partial charge < -0.3 is 18.9 Å². The second-order valence-corrected chi connectivity index (χ2v) is 5.65. The maximum Gasteiger partial charge on any atom is 0.424 e. The lowest BCUT2D eigenvalue weighted by Crippen LogP contribution is -2.32. The number of amides is 1. The minimum atomic E-state index is -0.531. The molecule has 0 saturated carbocycles. The third-order valence-corrected chi connectivity index (χ3v) is 3.84. The van der Waals surface area contributed by atoms with Crippen LogP contribution >= 0.6 is 0 Å². The van der Waals surface area contributed by atoms with Crippen molar-refractivity contribution >= 4 is 11.8 Å². The lowest BCUT2D eigenvalue weighted by Gasteiger charge is -2.23. The van der Waals surface area contributed by atoms with Crippen molar-refractivity contribution in [3.63, 3.8) is 0 Å². The van der Waals surface area contributed by atoms with Crippen LogP contribution in [0, 0.1) is 0 Å². The average Bonchev–Trinajstić information content (AvgIpc) is 2.70. The Morgan fingerprint density at radius 1 is 1.04 bits per heavy atom. The van der Waals surface area contributed by atoms with E-state index in [1.807, 2.05) is 37.3 Å². The van der Waals surface area contributed by atoms with Gasteiger partial charge in [-0.3, -0.25) is 4.90 Å². The summed E-state index contributed by atoms with van der Waals surface area (Å²) >= 11 is 0. The molecule has 0 heterocycles. The van der Waals surface area contributed by atoms with Crippen LogP contribution in [-0.2, 0) is 9.47 Å². The van der Waals surface area contributed by atoms with E-state index in [0.29, 0.717) is 29.3 Å². The van der Waals surface area contributed by atoms with Crippen molar-refractivity contribution in [2.24, 2.45) is 0 Å². The minimum Gasteiger partial charge on any atom is -0.488 e. The number of carbonyl (C=O) groups is 1. The van der Waals surface area contributed by atoms with Gasteiger partial charge in [-0.2, -0.15) is 0 Å². The molecule has 0 aliphatic carbocycles. The van der Waals surface area contributed by atoms with Gasteiger partial charge in [0, 0.05) is 26.0 Å². The molecular weight excluding hydrogens is 346 g/mol. The largest absolute Gasteiger partial charge is 0.488 e. The summed E-state index contributed by atoms with van der Waals surface area (Å²) in [6.07, 6.45) is -0.391. The zero-order chi connectivity index (χ0) is 19.6. The van der Waals surface area contributed by atoms with Gasteiger partial charge in [0.05, 0.1) is 5.69 Å². The average molecular weight is 371 g/mol. The fourth-order valence-electron chi connectivity index (χ4n) is 2.32. The fraction of sp³-hybridized carbons (Fsp3) is 0.286. The second-order valence-electron chi connectivity index (χ2n) is 5.65. The van der Waals surface area contributed by atoms with E-state index in [1.165, 1.54) is 19.1 Å². The molecule has 0 aliphatic rings. The van der Waals surface area contributed by atoms with Crippen molar-refractivity contribution in [1.29, 1.82) is 0 Å². The highest BCUT2D eigenvalue weighted by atomic mass is 16.7. The Bertz CT molecular complexity index is 743. The summed E-state index contributed by atoms with van der Waals surface area (Å²) in [7, 11) is 3.07. The van der Waals surface area contributed by atoms with Crippen LogP contribution in [0.15, 0.2) is 66.9 Å². The number of methoxy groups -OCH3 is 2. The van der Waals surface area contributed by atoms with E-state index in [1.54, 1.807) is 24.3 Å². The Kier molecular flexibility index (Phi) is 7.85. The molecule has 0 radical (unpaired) electrons. The number of hydrogen-bond acceptors (Lipinski definition) is 5. The number of nitrogens with zero attached hydrogens (tertiary/aromatic N) is 1. The van der Waals surface area contributed by atoms with Gasteiger partial charge >= 0.3 is 6.09 Å². The predicted octanol–water partition coefficient (Wildman–Crippen LogP) is 4.61. The Hall–Kier alpha value is -2.83. The minimum absolute atomic E-state index is 0.215. The summed E-state index contributed by atoms with van der Waals surface area (Å²) in [6, 6.07) is 16.1. The van der Waals surface area contributed by atoms with Crippen molar-refractivity contribution in [3.8, 4) is 11.5 Å². The van der Waals surface area contributed by atoms with Gasteiger partial charge in [0.15, 0.2) is 6.29 Å². The van der Waals surface area contributed by atoms with E-state index >= 15 is 0 Å². The molecule has 6 heteroatoms. The summed E-state index contributed by atoms with van der Waals surface area (Å²) in [5, 5.41) is 0. The molecule has 0 spiro atoms. The van der Waals surface area contributed by atoms with E-state index < -0.39 is 12.4 Å². The summed E-state index contributed by atoms with van der Waals surface area (Å²) in [6.45, 7) is 6.12. The van der Waals surface area contributed by atoms with Gasteiger partial charge in [0.25, 0.3) is 0 Å². The highest BCUT2D eigenvalue weighted by Crippen LogP contribution is 2.24. The molecule has 0 N–H and O–H groups in total. The van der Waals surface area contributed by atoms with Crippen molar-refractivity contribution in [2.45, 2.75) is 19.6 Å². The van der Waals surface area contributed by atoms with Gasteiger partial charge in [-0.15, -0.1) is 0 Å². The van der Waals surface area contributed by atoms with E-state index in [-0.39, 0.29) is 6.61 Å². The van der Waals surface area contributed by atoms with Crippen molar-refractivity contribution in [1.82, 2.24) is 0 Å². The smallest absolute Gasteiger partial charge is 0.424 e. The molecule has 2 rings (SSSR count). The van der Waals surface area contributed by atoms with Gasteiger partial charge in [0.1, 0.15) is 18.1 Å². The topological polar surface area (TPSA) is 57.2 Å². The number of anilines is 1. The van der Waals surface area contributed by atoms with E-state index in [0.717, 1.165) is 0 Å². The SMILES string of the molecule is C=C(CC)N(C(=O)Oc1cccc(OCC(OC)OC)c1)c1ccccc1. The predicted molar refractivity (Wildman–Crippen MR) is 104 cm³/mol. The van der Waals surface area contributed by atoms with Crippen LogP contribution in [0.4, 0.5) is 10.5 Å². The van der Waals surface area contributed by atoms with Gasteiger partial charge in [0.2, 0.25) is 0 Å². The van der Waals surface area contributed by atoms with Crippen molar-refractivity contribution < 1.29 is 23.7 Å². The quantitative estimate of drug-likeness (QED) is 0.602. The van der Waals surface area contributed by atoms with Crippen molar-refractivity contribution in [3.05, 3.63) is 66.9 Å². The molecule has 144 valence electrons. The molecule has 6 nitrogen and oxygen atoms in total. The zero-order valence-corrected chi connectivity index (χ0v) is 15.9. The highest BCUT2D eigenvalue weighted by molar-refractivity contribution is 5.92. The second kappa shape index (κ2) is 10.4. The lowest BCUT2D eigenvalue weighted by atomic mass is 10.2. The molecule has 27 heavy (non-hydrogen) atoms. The van der Waals surface area contributed by atoms with E-state index in [9.17, 15) is 4.79 Å². The molecule has 0 saturated heterocycles. The Morgan fingerprint density at radius 2 is 1.70 bits per heavy atom. The van der Waals surface area contributed by atoms with Gasteiger partial charge in [-0.05, 0) is 30.7 Å². The zero-order valence-electron chi connectivity index (χ0n) is 15.9. The molecule has 0 atom stereocenters. The molecule has 0 unspecified atom stereocenters. The molecular formula is C21H25NO5. The number of rotatable bonds is 9. The van der Waals surface area contributed by atoms with Crippen molar-refractivity contribution in [2.75, 3.05) is 25.7 Å². The molecule has 1 amide bonds. The first kappa shape index (κ1) is 20.5. The summed E-state index contributed by atoms with van der Waals surface area (Å²) in [4.78, 5) is 14.2. The maximum absolute atomic E-state index is 12.7. The Labute approximate surface area is 159 Å². The standard InChI is InChI=1S/C21H25NO5/c1-5-16(2)22(17-10-7-6-8-11-17)21(23)27-19-13-9-12-18(14-19)26-15-20(24-3)25-4/h6-14,20H,2,5,15H2,1,3-4H3. The first-order valence-corrected chi connectivity index (χ1v) is 8.62. The number of carbonyl (C=O) groups excluding carboxylic acids is 1.